The number of primary amides is 1. The zero-order valence-electron chi connectivity index (χ0n) is 19.4. The number of amides is 2. The molecule has 0 saturated heterocycles. The molecule has 0 spiro atoms. The molecule has 31 heavy (non-hydrogen) atoms. The first-order chi connectivity index (χ1) is 15.0. The highest BCUT2D eigenvalue weighted by Gasteiger charge is 2.20. The van der Waals surface area contributed by atoms with Crippen LogP contribution in [-0.2, 0) is 14.4 Å². The topological polar surface area (TPSA) is 109 Å². The number of hydrogen-bond donors (Lipinski definition) is 3. The van der Waals surface area contributed by atoms with Gasteiger partial charge in [-0.2, -0.15) is 0 Å². The maximum absolute atomic E-state index is 11.9. The minimum absolute atomic E-state index is 0.0291. The largest absolute Gasteiger partial charge is 0.480 e. The molecule has 0 fully saturated rings. The highest BCUT2D eigenvalue weighted by atomic mass is 16.4. The van der Waals surface area contributed by atoms with Crippen molar-refractivity contribution < 1.29 is 19.5 Å². The van der Waals surface area contributed by atoms with Gasteiger partial charge in [-0.25, -0.2) is 4.79 Å². The monoisotopic (exact) mass is 436 g/mol. The number of carboxylic acids is 1. The lowest BCUT2D eigenvalue weighted by Crippen LogP contribution is -2.41. The number of carbonyl (C=O) groups is 3. The molecule has 178 valence electrons. The summed E-state index contributed by atoms with van der Waals surface area (Å²) in [6.07, 6.45) is 24.3. The Morgan fingerprint density at radius 2 is 1.35 bits per heavy atom. The van der Waals surface area contributed by atoms with Gasteiger partial charge >= 0.3 is 5.97 Å². The van der Waals surface area contributed by atoms with Crippen LogP contribution in [0.4, 0.5) is 0 Å². The quantitative estimate of drug-likeness (QED) is 0.165. The van der Waals surface area contributed by atoms with Crippen molar-refractivity contribution in [3.8, 4) is 0 Å². The van der Waals surface area contributed by atoms with E-state index >= 15 is 0 Å². The number of aliphatic carboxylic acids is 1. The predicted octanol–water partition coefficient (Wildman–Crippen LogP) is 5.42. The van der Waals surface area contributed by atoms with Crippen LogP contribution in [0.1, 0.15) is 110 Å². The number of carboxylic acid groups (broad SMARTS) is 1. The van der Waals surface area contributed by atoms with Crippen molar-refractivity contribution in [1.29, 1.82) is 0 Å². The van der Waals surface area contributed by atoms with Crippen LogP contribution in [0, 0.1) is 0 Å². The lowest BCUT2D eigenvalue weighted by atomic mass is 10.1. The highest BCUT2D eigenvalue weighted by molar-refractivity contribution is 5.84. The van der Waals surface area contributed by atoms with Crippen molar-refractivity contribution in [3.05, 3.63) is 24.3 Å². The van der Waals surface area contributed by atoms with E-state index in [1.165, 1.54) is 51.4 Å². The van der Waals surface area contributed by atoms with Gasteiger partial charge in [-0.15, -0.1) is 0 Å². The van der Waals surface area contributed by atoms with Crippen molar-refractivity contribution in [3.63, 3.8) is 0 Å². The third kappa shape index (κ3) is 20.9. The van der Waals surface area contributed by atoms with Gasteiger partial charge in [0.25, 0.3) is 0 Å². The predicted molar refractivity (Wildman–Crippen MR) is 127 cm³/mol. The maximum Gasteiger partial charge on any atom is 0.326 e. The van der Waals surface area contributed by atoms with E-state index in [-0.39, 0.29) is 18.7 Å². The standard InChI is InChI=1S/C25H44N2O4/c1-2-3-4-5-6-7-8-9-10-11-12-13-14-15-16-17-18-19-24(29)27-22(25(30)31)20-21-23(26)28/h6-7,9-10,22H,2-5,8,11-21H2,1H3,(H2,26,28)(H,27,29)(H,30,31)/b7-6-,10-9-/t22-/m0/s1. The fourth-order valence-corrected chi connectivity index (χ4v) is 3.26. The smallest absolute Gasteiger partial charge is 0.326 e. The van der Waals surface area contributed by atoms with Crippen LogP contribution in [0.2, 0.25) is 0 Å². The second kappa shape index (κ2) is 21.1. The molecule has 0 aliphatic rings. The average molecular weight is 437 g/mol. The molecule has 0 aromatic heterocycles. The molecule has 0 bridgehead atoms. The third-order valence-electron chi connectivity index (χ3n) is 5.17. The van der Waals surface area contributed by atoms with Crippen molar-refractivity contribution in [2.75, 3.05) is 0 Å². The van der Waals surface area contributed by atoms with Crippen LogP contribution in [0.15, 0.2) is 24.3 Å². The molecule has 0 aromatic rings. The number of allylic oxidation sites excluding steroid dienone is 4. The van der Waals surface area contributed by atoms with E-state index in [4.69, 9.17) is 10.8 Å². The Balaban J connectivity index is 3.54. The van der Waals surface area contributed by atoms with Gasteiger partial charge < -0.3 is 16.2 Å². The number of unbranched alkanes of at least 4 members (excludes halogenated alkanes) is 10. The van der Waals surface area contributed by atoms with E-state index in [2.05, 4.69) is 36.5 Å². The zero-order valence-corrected chi connectivity index (χ0v) is 19.4. The summed E-state index contributed by atoms with van der Waals surface area (Å²) in [4.78, 5) is 33.7. The molecule has 1 atom stereocenters. The third-order valence-corrected chi connectivity index (χ3v) is 5.17. The Hall–Kier alpha value is -2.11. The van der Waals surface area contributed by atoms with Crippen LogP contribution in [-0.4, -0.2) is 28.9 Å². The van der Waals surface area contributed by atoms with Gasteiger partial charge in [0.1, 0.15) is 6.04 Å². The van der Waals surface area contributed by atoms with E-state index < -0.39 is 17.9 Å². The number of rotatable bonds is 21. The summed E-state index contributed by atoms with van der Waals surface area (Å²) in [7, 11) is 0. The van der Waals surface area contributed by atoms with Crippen molar-refractivity contribution in [2.45, 2.75) is 116 Å². The second-order valence-corrected chi connectivity index (χ2v) is 8.15. The normalized spacial score (nSPS) is 12.4. The van der Waals surface area contributed by atoms with E-state index in [0.29, 0.717) is 6.42 Å². The number of nitrogens with two attached hydrogens (primary N) is 1. The average Bonchev–Trinajstić information content (AvgIpc) is 2.73. The lowest BCUT2D eigenvalue weighted by molar-refractivity contribution is -0.142. The number of hydrogen-bond acceptors (Lipinski definition) is 3. The van der Waals surface area contributed by atoms with E-state index in [1.54, 1.807) is 0 Å². The van der Waals surface area contributed by atoms with Gasteiger partial charge in [-0.05, 0) is 44.9 Å². The Morgan fingerprint density at radius 1 is 0.806 bits per heavy atom. The molecule has 0 aliphatic heterocycles. The van der Waals surface area contributed by atoms with Gasteiger partial charge in [0.05, 0.1) is 0 Å². The first kappa shape index (κ1) is 28.9. The molecule has 0 radical (unpaired) electrons. The Morgan fingerprint density at radius 3 is 1.90 bits per heavy atom. The summed E-state index contributed by atoms with van der Waals surface area (Å²) in [6, 6.07) is -1.05. The Bertz CT molecular complexity index is 544. The Kier molecular flexibility index (Phi) is 19.7. The molecule has 0 aliphatic carbocycles. The molecule has 0 rings (SSSR count). The maximum atomic E-state index is 11.9. The van der Waals surface area contributed by atoms with Crippen LogP contribution in [0.25, 0.3) is 0 Å². The molecule has 4 N–H and O–H groups in total. The molecule has 6 nitrogen and oxygen atoms in total. The van der Waals surface area contributed by atoms with Gasteiger partial charge in [-0.3, -0.25) is 9.59 Å². The molecule has 0 saturated carbocycles. The molecule has 0 heterocycles. The van der Waals surface area contributed by atoms with E-state index in [0.717, 1.165) is 32.1 Å². The van der Waals surface area contributed by atoms with Crippen LogP contribution < -0.4 is 11.1 Å². The minimum Gasteiger partial charge on any atom is -0.480 e. The summed E-state index contributed by atoms with van der Waals surface area (Å²) in [5.74, 6) is -1.98. The van der Waals surface area contributed by atoms with Gasteiger partial charge in [0.2, 0.25) is 11.8 Å². The summed E-state index contributed by atoms with van der Waals surface area (Å²) >= 11 is 0. The van der Waals surface area contributed by atoms with Crippen LogP contribution >= 0.6 is 0 Å². The summed E-state index contributed by atoms with van der Waals surface area (Å²) in [5.41, 5.74) is 5.03. The molecule has 0 aromatic carbocycles. The molecular formula is C25H44N2O4. The fraction of sp³-hybridized carbons (Fsp3) is 0.720. The summed E-state index contributed by atoms with van der Waals surface area (Å²) < 4.78 is 0. The van der Waals surface area contributed by atoms with E-state index in [9.17, 15) is 14.4 Å². The molecule has 0 unspecified atom stereocenters. The van der Waals surface area contributed by atoms with Crippen molar-refractivity contribution >= 4 is 17.8 Å². The number of carbonyl (C=O) groups excluding carboxylic acids is 2. The molecular weight excluding hydrogens is 392 g/mol. The second-order valence-electron chi connectivity index (χ2n) is 8.15. The molecule has 6 heteroatoms. The van der Waals surface area contributed by atoms with Crippen LogP contribution in [0.5, 0.6) is 0 Å². The van der Waals surface area contributed by atoms with Gasteiger partial charge in [-0.1, -0.05) is 76.2 Å². The summed E-state index contributed by atoms with van der Waals surface area (Å²) in [6.45, 7) is 2.23. The van der Waals surface area contributed by atoms with Crippen molar-refractivity contribution in [1.82, 2.24) is 5.32 Å². The zero-order chi connectivity index (χ0) is 23.2. The number of nitrogens with one attached hydrogen (secondary N) is 1. The van der Waals surface area contributed by atoms with E-state index in [1.807, 2.05) is 0 Å². The Labute approximate surface area is 188 Å². The first-order valence-corrected chi connectivity index (χ1v) is 12.1. The fourth-order valence-electron chi connectivity index (χ4n) is 3.26. The highest BCUT2D eigenvalue weighted by Crippen LogP contribution is 2.10. The molecule has 2 amide bonds. The van der Waals surface area contributed by atoms with Crippen molar-refractivity contribution in [2.24, 2.45) is 5.73 Å². The summed E-state index contributed by atoms with van der Waals surface area (Å²) in [5, 5.41) is 11.6. The SMILES string of the molecule is CCCCC/C=C\C/C=C\CCCCCCCCCC(=O)N[C@@H](CCC(N)=O)C(=O)O. The minimum atomic E-state index is -1.14. The first-order valence-electron chi connectivity index (χ1n) is 12.1. The van der Waals surface area contributed by atoms with Crippen LogP contribution in [0.3, 0.4) is 0 Å². The lowest BCUT2D eigenvalue weighted by Gasteiger charge is -2.13. The van der Waals surface area contributed by atoms with Gasteiger partial charge in [0, 0.05) is 12.8 Å². The van der Waals surface area contributed by atoms with Gasteiger partial charge in [0.15, 0.2) is 0 Å².